The predicted octanol–water partition coefficient (Wildman–Crippen LogP) is 2.84. The number of ketones is 1. The van der Waals surface area contributed by atoms with E-state index in [1.54, 1.807) is 4.52 Å². The molecule has 1 N–H and O–H groups in total. The Labute approximate surface area is 135 Å². The van der Waals surface area contributed by atoms with Gasteiger partial charge in [-0.25, -0.2) is 8.91 Å². The number of hydrogen-bond donors (Lipinski definition) is 1. The molecule has 0 bridgehead atoms. The van der Waals surface area contributed by atoms with Crippen molar-refractivity contribution in [1.82, 2.24) is 14.6 Å². The van der Waals surface area contributed by atoms with E-state index in [2.05, 4.69) is 15.4 Å². The molecular weight excluding hydrogens is 319 g/mol. The number of aryl methyl sites for hydroxylation is 1. The molecule has 0 unspecified atom stereocenters. The van der Waals surface area contributed by atoms with Gasteiger partial charge in [-0.15, -0.1) is 16.4 Å². The Bertz CT molecular complexity index is 869. The third-order valence-corrected chi connectivity index (χ3v) is 4.18. The molecule has 2 heterocycles. The van der Waals surface area contributed by atoms with Crippen LogP contribution < -0.4 is 5.32 Å². The Morgan fingerprint density at radius 2 is 2.00 bits per heavy atom. The van der Waals surface area contributed by atoms with Gasteiger partial charge in [-0.3, -0.25) is 14.9 Å². The van der Waals surface area contributed by atoms with Crippen LogP contribution in [0.5, 0.6) is 0 Å². The number of halogens is 1. The molecule has 0 atom stereocenters. The first-order valence-electron chi connectivity index (χ1n) is 6.92. The number of carbonyl (C=O) groups excluding carboxylic acids is 2. The first-order chi connectivity index (χ1) is 11.0. The average molecular weight is 332 g/mol. The topological polar surface area (TPSA) is 76.4 Å². The van der Waals surface area contributed by atoms with Gasteiger partial charge in [0.2, 0.25) is 16.8 Å². The monoisotopic (exact) mass is 332 g/mol. The van der Waals surface area contributed by atoms with Crippen molar-refractivity contribution in [2.45, 2.75) is 19.8 Å². The van der Waals surface area contributed by atoms with E-state index in [1.807, 2.05) is 12.3 Å². The molecule has 2 aromatic heterocycles. The molecule has 0 saturated carbocycles. The van der Waals surface area contributed by atoms with Crippen LogP contribution in [0, 0.1) is 12.7 Å². The third kappa shape index (κ3) is 3.42. The largest absolute Gasteiger partial charge is 0.294 e. The van der Waals surface area contributed by atoms with E-state index in [1.165, 1.54) is 35.6 Å². The third-order valence-electron chi connectivity index (χ3n) is 3.24. The highest BCUT2D eigenvalue weighted by molar-refractivity contribution is 7.15. The Kier molecular flexibility index (Phi) is 4.16. The molecule has 0 radical (unpaired) electrons. The highest BCUT2D eigenvalue weighted by Crippen LogP contribution is 2.15. The summed E-state index contributed by atoms with van der Waals surface area (Å²) >= 11 is 1.43. The van der Waals surface area contributed by atoms with Crippen molar-refractivity contribution in [1.29, 1.82) is 0 Å². The minimum atomic E-state index is -0.402. The SMILES string of the molecule is Cc1csc2nc(NC(=O)CCC(=O)c3ccc(F)cc3)nn12. The number of carbonyl (C=O) groups is 2. The van der Waals surface area contributed by atoms with Gasteiger partial charge in [0.1, 0.15) is 5.82 Å². The summed E-state index contributed by atoms with van der Waals surface area (Å²) in [5.41, 5.74) is 1.32. The molecule has 0 aliphatic heterocycles. The van der Waals surface area contributed by atoms with Gasteiger partial charge in [-0.2, -0.15) is 4.98 Å². The molecule has 6 nitrogen and oxygen atoms in total. The van der Waals surface area contributed by atoms with Crippen LogP contribution in [0.3, 0.4) is 0 Å². The van der Waals surface area contributed by atoms with Gasteiger partial charge in [0.15, 0.2) is 5.78 Å². The van der Waals surface area contributed by atoms with E-state index in [0.717, 1.165) is 5.69 Å². The van der Waals surface area contributed by atoms with E-state index >= 15 is 0 Å². The number of nitrogens with one attached hydrogen (secondary N) is 1. The van der Waals surface area contributed by atoms with Crippen LogP contribution in [0.15, 0.2) is 29.6 Å². The summed E-state index contributed by atoms with van der Waals surface area (Å²) in [5.74, 6) is -0.731. The first kappa shape index (κ1) is 15.3. The lowest BCUT2D eigenvalue weighted by Crippen LogP contribution is -2.14. The van der Waals surface area contributed by atoms with Crippen molar-refractivity contribution in [3.05, 3.63) is 46.7 Å². The van der Waals surface area contributed by atoms with Gasteiger partial charge < -0.3 is 0 Å². The van der Waals surface area contributed by atoms with Crippen molar-refractivity contribution in [2.75, 3.05) is 5.32 Å². The normalized spacial score (nSPS) is 10.9. The number of hydrogen-bond acceptors (Lipinski definition) is 5. The molecule has 3 rings (SSSR count). The van der Waals surface area contributed by atoms with Crippen molar-refractivity contribution in [3.63, 3.8) is 0 Å². The molecule has 23 heavy (non-hydrogen) atoms. The number of aromatic nitrogens is 3. The van der Waals surface area contributed by atoms with Gasteiger partial charge in [0.05, 0.1) is 5.69 Å². The summed E-state index contributed by atoms with van der Waals surface area (Å²) in [6, 6.07) is 5.25. The van der Waals surface area contributed by atoms with Crippen LogP contribution in [-0.2, 0) is 4.79 Å². The fourth-order valence-corrected chi connectivity index (χ4v) is 2.84. The summed E-state index contributed by atoms with van der Waals surface area (Å²) in [6.07, 6.45) is 0.0563. The summed E-state index contributed by atoms with van der Waals surface area (Å²) in [6.45, 7) is 1.89. The molecule has 1 amide bonds. The van der Waals surface area contributed by atoms with E-state index in [-0.39, 0.29) is 30.5 Å². The maximum Gasteiger partial charge on any atom is 0.250 e. The maximum atomic E-state index is 12.8. The average Bonchev–Trinajstić information content (AvgIpc) is 3.07. The molecule has 3 aromatic rings. The van der Waals surface area contributed by atoms with Crippen molar-refractivity contribution < 1.29 is 14.0 Å². The lowest BCUT2D eigenvalue weighted by atomic mass is 10.1. The smallest absolute Gasteiger partial charge is 0.250 e. The van der Waals surface area contributed by atoms with Gasteiger partial charge in [0.25, 0.3) is 0 Å². The second-order valence-corrected chi connectivity index (χ2v) is 5.82. The first-order valence-corrected chi connectivity index (χ1v) is 7.80. The molecule has 0 fully saturated rings. The van der Waals surface area contributed by atoms with Gasteiger partial charge in [0, 0.05) is 23.8 Å². The van der Waals surface area contributed by atoms with Crippen molar-refractivity contribution in [2.24, 2.45) is 0 Å². The standard InChI is InChI=1S/C15H13FN4O2S/c1-9-8-23-15-18-14(19-20(9)15)17-13(22)7-6-12(21)10-2-4-11(16)5-3-10/h2-5,8H,6-7H2,1H3,(H,17,19,22). The number of Topliss-reactive ketones (excluding diaryl/α,β-unsaturated/α-hetero) is 1. The van der Waals surface area contributed by atoms with E-state index in [4.69, 9.17) is 0 Å². The number of benzene rings is 1. The van der Waals surface area contributed by atoms with E-state index in [0.29, 0.717) is 10.5 Å². The van der Waals surface area contributed by atoms with Crippen molar-refractivity contribution in [3.8, 4) is 0 Å². The Balaban J connectivity index is 1.56. The van der Waals surface area contributed by atoms with E-state index < -0.39 is 5.82 Å². The second-order valence-electron chi connectivity index (χ2n) is 4.99. The quantitative estimate of drug-likeness (QED) is 0.729. The molecule has 8 heteroatoms. The highest BCUT2D eigenvalue weighted by atomic mass is 32.1. The van der Waals surface area contributed by atoms with Gasteiger partial charge in [-0.1, -0.05) is 0 Å². The number of thiazole rings is 1. The van der Waals surface area contributed by atoms with Crippen molar-refractivity contribution >= 4 is 33.9 Å². The summed E-state index contributed by atoms with van der Waals surface area (Å²) in [5, 5.41) is 8.66. The molecule has 1 aromatic carbocycles. The number of amides is 1. The fraction of sp³-hybridized carbons (Fsp3) is 0.200. The summed E-state index contributed by atoms with van der Waals surface area (Å²) < 4.78 is 14.4. The van der Waals surface area contributed by atoms with E-state index in [9.17, 15) is 14.0 Å². The molecule has 0 saturated heterocycles. The zero-order valence-corrected chi connectivity index (χ0v) is 13.1. The lowest BCUT2D eigenvalue weighted by Gasteiger charge is -2.01. The number of rotatable bonds is 5. The maximum absolute atomic E-state index is 12.8. The lowest BCUT2D eigenvalue weighted by molar-refractivity contribution is -0.116. The predicted molar refractivity (Wildman–Crippen MR) is 84.2 cm³/mol. The number of fused-ring (bicyclic) bond motifs is 1. The highest BCUT2D eigenvalue weighted by Gasteiger charge is 2.13. The van der Waals surface area contributed by atoms with Crippen LogP contribution >= 0.6 is 11.3 Å². The number of nitrogens with zero attached hydrogens (tertiary/aromatic N) is 3. The van der Waals surface area contributed by atoms with Crippen LogP contribution in [0.4, 0.5) is 10.3 Å². The Morgan fingerprint density at radius 1 is 1.26 bits per heavy atom. The second kappa shape index (κ2) is 6.25. The Morgan fingerprint density at radius 3 is 2.70 bits per heavy atom. The Hall–Kier alpha value is -2.61. The molecule has 0 aliphatic carbocycles. The number of anilines is 1. The summed E-state index contributed by atoms with van der Waals surface area (Å²) in [7, 11) is 0. The van der Waals surface area contributed by atoms with Crippen LogP contribution in [0.1, 0.15) is 28.9 Å². The minimum absolute atomic E-state index is 0.0159. The fourth-order valence-electron chi connectivity index (χ4n) is 2.04. The molecule has 0 aliphatic rings. The zero-order valence-electron chi connectivity index (χ0n) is 12.2. The summed E-state index contributed by atoms with van der Waals surface area (Å²) in [4.78, 5) is 28.7. The van der Waals surface area contributed by atoms with Crippen LogP contribution in [0.2, 0.25) is 0 Å². The van der Waals surface area contributed by atoms with Crippen LogP contribution in [0.25, 0.3) is 4.96 Å². The van der Waals surface area contributed by atoms with Crippen LogP contribution in [-0.4, -0.2) is 26.3 Å². The molecule has 118 valence electrons. The zero-order chi connectivity index (χ0) is 16.4. The minimum Gasteiger partial charge on any atom is -0.294 e. The van der Waals surface area contributed by atoms with Gasteiger partial charge in [-0.05, 0) is 31.2 Å². The molecular formula is C15H13FN4O2S. The molecule has 0 spiro atoms. The van der Waals surface area contributed by atoms with Gasteiger partial charge >= 0.3 is 0 Å².